The number of non-ortho nitro benzene ring substituents is 1. The Hall–Kier alpha value is -2.44. The Labute approximate surface area is 129 Å². The lowest BCUT2D eigenvalue weighted by atomic mass is 10.1. The molecule has 0 aliphatic rings. The lowest BCUT2D eigenvalue weighted by Gasteiger charge is -2.24. The topological polar surface area (TPSA) is 89.8 Å². The molecule has 22 heavy (non-hydrogen) atoms. The Kier molecular flexibility index (Phi) is 6.49. The minimum Gasteiger partial charge on any atom is -0.469 e. The van der Waals surface area contributed by atoms with Crippen molar-refractivity contribution in [3.8, 4) is 0 Å². The average molecular weight is 308 g/mol. The third-order valence-corrected chi connectivity index (χ3v) is 3.18. The quantitative estimate of drug-likeness (QED) is 0.438. The van der Waals surface area contributed by atoms with E-state index in [0.29, 0.717) is 13.0 Å². The minimum absolute atomic E-state index is 0.136. The molecule has 0 aliphatic carbocycles. The molecule has 0 fully saturated rings. The van der Waals surface area contributed by atoms with Crippen molar-refractivity contribution in [3.05, 3.63) is 39.9 Å². The van der Waals surface area contributed by atoms with Crippen LogP contribution in [-0.2, 0) is 9.53 Å². The molecule has 0 saturated heterocycles. The molecule has 0 saturated carbocycles. The summed E-state index contributed by atoms with van der Waals surface area (Å²) in [5.74, 6) is -1.19. The van der Waals surface area contributed by atoms with E-state index in [1.807, 2.05) is 6.92 Å². The van der Waals surface area contributed by atoms with Gasteiger partial charge in [0, 0.05) is 30.8 Å². The second-order valence-electron chi connectivity index (χ2n) is 4.98. The van der Waals surface area contributed by atoms with Crippen molar-refractivity contribution in [2.45, 2.75) is 20.3 Å². The molecule has 1 amide bonds. The first kappa shape index (κ1) is 17.6. The molecule has 7 heteroatoms. The highest BCUT2D eigenvalue weighted by molar-refractivity contribution is 5.95. The predicted molar refractivity (Wildman–Crippen MR) is 80.5 cm³/mol. The normalized spacial score (nSPS) is 11.6. The summed E-state index contributed by atoms with van der Waals surface area (Å²) in [7, 11) is 1.30. The van der Waals surface area contributed by atoms with Crippen molar-refractivity contribution in [1.82, 2.24) is 4.90 Å². The first-order valence-corrected chi connectivity index (χ1v) is 7.02. The fraction of sp³-hybridized carbons (Fsp3) is 0.467. The van der Waals surface area contributed by atoms with E-state index in [1.165, 1.54) is 36.3 Å². The largest absolute Gasteiger partial charge is 0.469 e. The van der Waals surface area contributed by atoms with Crippen LogP contribution in [0.3, 0.4) is 0 Å². The van der Waals surface area contributed by atoms with Crippen LogP contribution in [0.2, 0.25) is 0 Å². The lowest BCUT2D eigenvalue weighted by Crippen LogP contribution is -2.37. The SMILES string of the molecule is CCCN(CC(C)C(=O)OC)C(=O)c1cccc([N+](=O)[O-])c1. The molecule has 1 unspecified atom stereocenters. The number of hydrogen-bond donors (Lipinski definition) is 0. The molecular formula is C15H20N2O5. The van der Waals surface area contributed by atoms with Gasteiger partial charge >= 0.3 is 5.97 Å². The van der Waals surface area contributed by atoms with E-state index in [2.05, 4.69) is 4.74 Å². The highest BCUT2D eigenvalue weighted by Gasteiger charge is 2.23. The zero-order valence-corrected chi connectivity index (χ0v) is 12.9. The lowest BCUT2D eigenvalue weighted by molar-refractivity contribution is -0.384. The summed E-state index contributed by atoms with van der Waals surface area (Å²) < 4.78 is 4.66. The fourth-order valence-electron chi connectivity index (χ4n) is 2.09. The maximum absolute atomic E-state index is 12.5. The molecule has 0 radical (unpaired) electrons. The van der Waals surface area contributed by atoms with Crippen LogP contribution < -0.4 is 0 Å². The van der Waals surface area contributed by atoms with Crippen molar-refractivity contribution in [2.75, 3.05) is 20.2 Å². The van der Waals surface area contributed by atoms with Crippen molar-refractivity contribution >= 4 is 17.6 Å². The number of benzene rings is 1. The van der Waals surface area contributed by atoms with Crippen LogP contribution in [0.5, 0.6) is 0 Å². The van der Waals surface area contributed by atoms with Gasteiger partial charge in [-0.25, -0.2) is 0 Å². The van der Waals surface area contributed by atoms with E-state index in [1.54, 1.807) is 6.92 Å². The third kappa shape index (κ3) is 4.54. The van der Waals surface area contributed by atoms with Crippen molar-refractivity contribution in [3.63, 3.8) is 0 Å². The molecule has 1 atom stereocenters. The summed E-state index contributed by atoms with van der Waals surface area (Å²) in [6, 6.07) is 5.58. The van der Waals surface area contributed by atoms with Crippen LogP contribution >= 0.6 is 0 Å². The third-order valence-electron chi connectivity index (χ3n) is 3.18. The first-order valence-electron chi connectivity index (χ1n) is 7.02. The van der Waals surface area contributed by atoms with Gasteiger partial charge in [0.2, 0.25) is 0 Å². The Morgan fingerprint density at radius 2 is 2.09 bits per heavy atom. The van der Waals surface area contributed by atoms with Crippen LogP contribution in [0.15, 0.2) is 24.3 Å². The molecule has 0 heterocycles. The van der Waals surface area contributed by atoms with Crippen LogP contribution in [0.4, 0.5) is 5.69 Å². The Morgan fingerprint density at radius 3 is 2.64 bits per heavy atom. The van der Waals surface area contributed by atoms with E-state index in [-0.39, 0.29) is 23.7 Å². The molecule has 0 aliphatic heterocycles. The monoisotopic (exact) mass is 308 g/mol. The number of rotatable bonds is 7. The van der Waals surface area contributed by atoms with Gasteiger partial charge in [-0.05, 0) is 12.5 Å². The summed E-state index contributed by atoms with van der Waals surface area (Å²) >= 11 is 0. The van der Waals surface area contributed by atoms with Crippen molar-refractivity contribution < 1.29 is 19.2 Å². The average Bonchev–Trinajstić information content (AvgIpc) is 2.52. The summed E-state index contributed by atoms with van der Waals surface area (Å²) in [6.45, 7) is 4.26. The van der Waals surface area contributed by atoms with Crippen LogP contribution in [-0.4, -0.2) is 41.9 Å². The zero-order chi connectivity index (χ0) is 16.7. The number of amides is 1. The maximum Gasteiger partial charge on any atom is 0.310 e. The number of methoxy groups -OCH3 is 1. The van der Waals surface area contributed by atoms with Crippen LogP contribution in [0, 0.1) is 16.0 Å². The number of nitro groups is 1. The number of esters is 1. The Morgan fingerprint density at radius 1 is 1.41 bits per heavy atom. The molecule has 1 aromatic carbocycles. The number of nitrogens with zero attached hydrogens (tertiary/aromatic N) is 2. The smallest absolute Gasteiger partial charge is 0.310 e. The highest BCUT2D eigenvalue weighted by atomic mass is 16.6. The molecule has 0 N–H and O–H groups in total. The fourth-order valence-corrected chi connectivity index (χ4v) is 2.09. The van der Waals surface area contributed by atoms with Gasteiger partial charge in [0.25, 0.3) is 11.6 Å². The summed E-state index contributed by atoms with van der Waals surface area (Å²) in [4.78, 5) is 35.8. The maximum atomic E-state index is 12.5. The number of carbonyl (C=O) groups is 2. The zero-order valence-electron chi connectivity index (χ0n) is 12.9. The van der Waals surface area contributed by atoms with Gasteiger partial charge in [-0.3, -0.25) is 19.7 Å². The first-order chi connectivity index (χ1) is 10.4. The molecule has 1 rings (SSSR count). The van der Waals surface area contributed by atoms with E-state index >= 15 is 0 Å². The summed E-state index contributed by atoms with van der Waals surface area (Å²) in [5, 5.41) is 10.8. The standard InChI is InChI=1S/C15H20N2O5/c1-4-8-16(10-11(2)15(19)22-3)14(18)12-6-5-7-13(9-12)17(20)21/h5-7,9,11H,4,8,10H2,1-3H3. The van der Waals surface area contributed by atoms with Gasteiger partial charge in [0.05, 0.1) is 18.0 Å². The Bertz CT molecular complexity index is 559. The second-order valence-corrected chi connectivity index (χ2v) is 4.98. The van der Waals surface area contributed by atoms with E-state index < -0.39 is 16.8 Å². The minimum atomic E-state index is -0.544. The highest BCUT2D eigenvalue weighted by Crippen LogP contribution is 2.16. The second kappa shape index (κ2) is 8.11. The molecule has 120 valence electrons. The van der Waals surface area contributed by atoms with E-state index in [4.69, 9.17) is 0 Å². The van der Waals surface area contributed by atoms with Crippen molar-refractivity contribution in [1.29, 1.82) is 0 Å². The van der Waals surface area contributed by atoms with Crippen molar-refractivity contribution in [2.24, 2.45) is 5.92 Å². The number of ether oxygens (including phenoxy) is 1. The Balaban J connectivity index is 2.95. The predicted octanol–water partition coefficient (Wildman–Crippen LogP) is 2.26. The van der Waals surface area contributed by atoms with Crippen LogP contribution in [0.25, 0.3) is 0 Å². The van der Waals surface area contributed by atoms with Gasteiger partial charge in [-0.1, -0.05) is 19.9 Å². The molecule has 0 bridgehead atoms. The van der Waals surface area contributed by atoms with Gasteiger partial charge in [-0.15, -0.1) is 0 Å². The number of nitro benzene ring substituents is 1. The summed E-state index contributed by atoms with van der Waals surface area (Å²) in [5.41, 5.74) is 0.100. The molecular weight excluding hydrogens is 288 g/mol. The molecule has 0 aromatic heterocycles. The van der Waals surface area contributed by atoms with Crippen LogP contribution in [0.1, 0.15) is 30.6 Å². The molecule has 0 spiro atoms. The van der Waals surface area contributed by atoms with E-state index in [0.717, 1.165) is 0 Å². The van der Waals surface area contributed by atoms with Gasteiger partial charge in [0.1, 0.15) is 0 Å². The van der Waals surface area contributed by atoms with Gasteiger partial charge in [-0.2, -0.15) is 0 Å². The van der Waals surface area contributed by atoms with Gasteiger partial charge < -0.3 is 9.64 Å². The number of carbonyl (C=O) groups excluding carboxylic acids is 2. The van der Waals surface area contributed by atoms with E-state index in [9.17, 15) is 19.7 Å². The number of hydrogen-bond acceptors (Lipinski definition) is 5. The summed E-state index contributed by atoms with van der Waals surface area (Å²) in [6.07, 6.45) is 0.717. The molecule has 7 nitrogen and oxygen atoms in total. The molecule has 1 aromatic rings. The van der Waals surface area contributed by atoms with Gasteiger partial charge in [0.15, 0.2) is 0 Å².